The molecule has 0 atom stereocenters. The van der Waals surface area contributed by atoms with Gasteiger partial charge in [-0.05, 0) is 31.4 Å². The average molecular weight is 359 g/mol. The Hall–Kier alpha value is -1.79. The van der Waals surface area contributed by atoms with E-state index in [0.29, 0.717) is 18.4 Å². The van der Waals surface area contributed by atoms with E-state index in [4.69, 9.17) is 27.9 Å². The number of halogens is 2. The largest absolute Gasteiger partial charge is 0.546 e. The van der Waals surface area contributed by atoms with Crippen molar-refractivity contribution in [1.29, 1.82) is 0 Å². The highest BCUT2D eigenvalue weighted by Gasteiger charge is 2.41. The molecule has 0 amide bonds. The summed E-state index contributed by atoms with van der Waals surface area (Å²) in [7, 11) is 0. The van der Waals surface area contributed by atoms with Crippen LogP contribution in [0.3, 0.4) is 0 Å². The Morgan fingerprint density at radius 3 is 2.48 bits per heavy atom. The highest BCUT2D eigenvalue weighted by molar-refractivity contribution is 6.43. The van der Waals surface area contributed by atoms with Crippen molar-refractivity contribution in [2.45, 2.75) is 38.2 Å². The lowest BCUT2D eigenvalue weighted by Gasteiger charge is -2.42. The number of carbonyl (C=O) groups is 1. The predicted molar refractivity (Wildman–Crippen MR) is 83.9 cm³/mol. The number of hydrogen-bond donors (Lipinski definition) is 0. The first-order valence-corrected chi connectivity index (χ1v) is 7.79. The molecule has 0 saturated heterocycles. The molecular weight excluding hydrogens is 345 g/mol. The molecule has 0 spiro atoms. The minimum atomic E-state index is -1.38. The summed E-state index contributed by atoms with van der Waals surface area (Å²) in [5, 5.41) is 22.2. The summed E-state index contributed by atoms with van der Waals surface area (Å²) >= 11 is 12.3. The monoisotopic (exact) mass is 358 g/mol. The third-order valence-corrected chi connectivity index (χ3v) is 4.71. The van der Waals surface area contributed by atoms with E-state index >= 15 is 0 Å². The topological polar surface area (TPSA) is 92.5 Å². The van der Waals surface area contributed by atoms with Gasteiger partial charge >= 0.3 is 0 Å². The number of rotatable bonds is 6. The third kappa shape index (κ3) is 3.43. The van der Waals surface area contributed by atoms with Gasteiger partial charge in [0.1, 0.15) is 16.4 Å². The second kappa shape index (κ2) is 6.76. The van der Waals surface area contributed by atoms with Gasteiger partial charge in [0, 0.05) is 18.1 Å². The molecule has 0 unspecified atom stereocenters. The zero-order chi connectivity index (χ0) is 17.2. The summed E-state index contributed by atoms with van der Waals surface area (Å²) in [6, 6.07) is 2.96. The van der Waals surface area contributed by atoms with Gasteiger partial charge in [0.15, 0.2) is 0 Å². The minimum absolute atomic E-state index is 0.0122. The molecule has 0 aliphatic heterocycles. The van der Waals surface area contributed by atoms with Crippen LogP contribution < -0.4 is 9.84 Å². The molecule has 0 heterocycles. The van der Waals surface area contributed by atoms with E-state index in [1.807, 2.05) is 0 Å². The van der Waals surface area contributed by atoms with Crippen LogP contribution >= 0.6 is 23.2 Å². The number of nitro groups is 1. The van der Waals surface area contributed by atoms with Crippen molar-refractivity contribution in [2.24, 2.45) is 0 Å². The fraction of sp³-hybridized carbons (Fsp3) is 0.400. The van der Waals surface area contributed by atoms with Crippen LogP contribution in [0.5, 0.6) is 5.75 Å². The lowest BCUT2D eigenvalue weighted by molar-refractivity contribution is -0.425. The van der Waals surface area contributed by atoms with Crippen LogP contribution in [0.1, 0.15) is 38.2 Å². The van der Waals surface area contributed by atoms with E-state index in [0.717, 1.165) is 6.42 Å². The molecule has 1 fully saturated rings. The number of carboxylic acid groups (broad SMARTS) is 1. The van der Waals surface area contributed by atoms with E-state index in [2.05, 4.69) is 0 Å². The van der Waals surface area contributed by atoms with Crippen LogP contribution in [-0.4, -0.2) is 16.5 Å². The highest BCUT2D eigenvalue weighted by atomic mass is 35.5. The molecule has 1 aliphatic rings. The number of benzene rings is 1. The van der Waals surface area contributed by atoms with E-state index < -0.39 is 16.5 Å². The molecule has 23 heavy (non-hydrogen) atoms. The van der Waals surface area contributed by atoms with Crippen LogP contribution in [-0.2, 0) is 4.79 Å². The summed E-state index contributed by atoms with van der Waals surface area (Å²) in [4.78, 5) is 21.6. The van der Waals surface area contributed by atoms with Gasteiger partial charge in [-0.1, -0.05) is 30.1 Å². The summed E-state index contributed by atoms with van der Waals surface area (Å²) in [5.74, 6) is -1.17. The maximum atomic E-state index is 11.2. The molecule has 1 saturated carbocycles. The maximum absolute atomic E-state index is 11.2. The van der Waals surface area contributed by atoms with Crippen LogP contribution in [0.25, 0.3) is 6.08 Å². The SMILES string of the molecule is CC/C(=C\c1ccc(OC2(C(=O)[O-])CCC2)c(Cl)c1Cl)[N+](=O)[O-]. The minimum Gasteiger partial charge on any atom is -0.546 e. The number of carboxylic acids is 1. The van der Waals surface area contributed by atoms with Crippen LogP contribution in [0.4, 0.5) is 0 Å². The van der Waals surface area contributed by atoms with Crippen LogP contribution in [0.2, 0.25) is 10.0 Å². The summed E-state index contributed by atoms with van der Waals surface area (Å²) in [6.07, 6.45) is 2.96. The number of ether oxygens (including phenoxy) is 1. The molecule has 0 N–H and O–H groups in total. The lowest BCUT2D eigenvalue weighted by Crippen LogP contribution is -2.57. The molecule has 8 heteroatoms. The van der Waals surface area contributed by atoms with Crippen molar-refractivity contribution in [3.8, 4) is 5.75 Å². The van der Waals surface area contributed by atoms with E-state index in [-0.39, 0.29) is 27.9 Å². The Kier molecular flexibility index (Phi) is 5.16. The van der Waals surface area contributed by atoms with Gasteiger partial charge in [0.05, 0.1) is 15.9 Å². The van der Waals surface area contributed by atoms with Crippen molar-refractivity contribution in [1.82, 2.24) is 0 Å². The van der Waals surface area contributed by atoms with Gasteiger partial charge in [0.25, 0.3) is 0 Å². The number of nitrogens with zero attached hydrogens (tertiary/aromatic N) is 1. The Morgan fingerprint density at radius 2 is 2.04 bits per heavy atom. The Labute approximate surface area is 142 Å². The first-order chi connectivity index (χ1) is 10.8. The molecule has 0 bridgehead atoms. The predicted octanol–water partition coefficient (Wildman–Crippen LogP) is 3.07. The van der Waals surface area contributed by atoms with Crippen molar-refractivity contribution in [3.63, 3.8) is 0 Å². The molecule has 124 valence electrons. The molecule has 1 aromatic carbocycles. The smallest absolute Gasteiger partial charge is 0.246 e. The Morgan fingerprint density at radius 1 is 1.39 bits per heavy atom. The third-order valence-electron chi connectivity index (χ3n) is 3.83. The van der Waals surface area contributed by atoms with E-state index in [1.165, 1.54) is 18.2 Å². The van der Waals surface area contributed by atoms with Crippen LogP contribution in [0, 0.1) is 10.1 Å². The zero-order valence-electron chi connectivity index (χ0n) is 12.3. The van der Waals surface area contributed by atoms with Gasteiger partial charge < -0.3 is 14.6 Å². The number of aliphatic carboxylic acids is 1. The quantitative estimate of drug-likeness (QED) is 0.575. The van der Waals surface area contributed by atoms with E-state index in [1.54, 1.807) is 6.92 Å². The highest BCUT2D eigenvalue weighted by Crippen LogP contribution is 2.42. The molecule has 1 aromatic rings. The zero-order valence-corrected chi connectivity index (χ0v) is 13.8. The molecule has 1 aliphatic carbocycles. The normalized spacial score (nSPS) is 16.6. The number of allylic oxidation sites excluding steroid dienone is 1. The summed E-state index contributed by atoms with van der Waals surface area (Å²) in [6.45, 7) is 1.65. The fourth-order valence-corrected chi connectivity index (χ4v) is 2.68. The Balaban J connectivity index is 2.34. The van der Waals surface area contributed by atoms with Gasteiger partial charge in [-0.25, -0.2) is 0 Å². The maximum Gasteiger partial charge on any atom is 0.246 e. The number of carbonyl (C=O) groups excluding carboxylic acids is 1. The van der Waals surface area contributed by atoms with E-state index in [9.17, 15) is 20.0 Å². The average Bonchev–Trinajstić information content (AvgIpc) is 2.45. The van der Waals surface area contributed by atoms with Gasteiger partial charge in [-0.2, -0.15) is 0 Å². The van der Waals surface area contributed by atoms with Gasteiger partial charge in [0.2, 0.25) is 5.70 Å². The lowest BCUT2D eigenvalue weighted by atomic mass is 9.80. The van der Waals surface area contributed by atoms with Crippen molar-refractivity contribution in [2.75, 3.05) is 0 Å². The van der Waals surface area contributed by atoms with Crippen molar-refractivity contribution < 1.29 is 19.6 Å². The molecule has 2 rings (SSSR count). The second-order valence-electron chi connectivity index (χ2n) is 5.26. The molecular formula is C15H14Cl2NO5-. The fourth-order valence-electron chi connectivity index (χ4n) is 2.26. The molecule has 0 aromatic heterocycles. The molecule has 0 radical (unpaired) electrons. The first kappa shape index (κ1) is 17.6. The van der Waals surface area contributed by atoms with Gasteiger partial charge in [-0.15, -0.1) is 0 Å². The van der Waals surface area contributed by atoms with Gasteiger partial charge in [-0.3, -0.25) is 10.1 Å². The first-order valence-electron chi connectivity index (χ1n) is 7.04. The second-order valence-corrected chi connectivity index (χ2v) is 6.02. The van der Waals surface area contributed by atoms with Crippen molar-refractivity contribution >= 4 is 35.2 Å². The number of hydrogen-bond acceptors (Lipinski definition) is 5. The Bertz CT molecular complexity index is 683. The standard InChI is InChI=1S/C15H15Cl2NO5/c1-2-10(18(21)22)8-9-4-5-11(13(17)12(9)16)23-15(14(19)20)6-3-7-15/h4-5,8H,2-3,6-7H2,1H3,(H,19,20)/p-1/b10-8+. The molecule has 6 nitrogen and oxygen atoms in total. The summed E-state index contributed by atoms with van der Waals surface area (Å²) in [5.41, 5.74) is -1.02. The summed E-state index contributed by atoms with van der Waals surface area (Å²) < 4.78 is 5.51. The van der Waals surface area contributed by atoms with Crippen molar-refractivity contribution in [3.05, 3.63) is 43.6 Å². The van der Waals surface area contributed by atoms with Crippen LogP contribution in [0.15, 0.2) is 17.8 Å².